The molecular weight excluding hydrogens is 428 g/mol. The standard InChI is InChI=1S/C16H17F6N3O3S/c1-2-3-23-14(26)24-4-6-25(7-5-24)29(27,28)13-9-11(15(17,18)19)8-12(10-13)16(20,21)22/h2,8-10H,1,3-7H2,(H,23,26). The summed E-state index contributed by atoms with van der Waals surface area (Å²) in [6.07, 6.45) is -8.88. The summed E-state index contributed by atoms with van der Waals surface area (Å²) < 4.78 is 104. The van der Waals surface area contributed by atoms with E-state index in [1.807, 2.05) is 0 Å². The number of halogens is 6. The van der Waals surface area contributed by atoms with Crippen molar-refractivity contribution in [2.75, 3.05) is 32.7 Å². The van der Waals surface area contributed by atoms with Crippen molar-refractivity contribution in [3.8, 4) is 0 Å². The van der Waals surface area contributed by atoms with E-state index in [0.29, 0.717) is 0 Å². The lowest BCUT2D eigenvalue weighted by atomic mass is 10.1. The first-order chi connectivity index (χ1) is 13.3. The van der Waals surface area contributed by atoms with Crippen molar-refractivity contribution in [3.63, 3.8) is 0 Å². The van der Waals surface area contributed by atoms with E-state index in [1.165, 1.54) is 11.0 Å². The molecule has 0 atom stereocenters. The van der Waals surface area contributed by atoms with Gasteiger partial charge in [0.15, 0.2) is 0 Å². The van der Waals surface area contributed by atoms with Gasteiger partial charge in [-0.1, -0.05) is 6.08 Å². The molecule has 1 aromatic carbocycles. The number of benzene rings is 1. The molecule has 0 spiro atoms. The highest BCUT2D eigenvalue weighted by Crippen LogP contribution is 2.37. The summed E-state index contributed by atoms with van der Waals surface area (Å²) in [5.74, 6) is 0. The maximum atomic E-state index is 13.0. The van der Waals surface area contributed by atoms with Gasteiger partial charge in [-0.05, 0) is 18.2 Å². The van der Waals surface area contributed by atoms with Crippen molar-refractivity contribution in [2.24, 2.45) is 0 Å². The Hall–Kier alpha value is -2.28. The first-order valence-corrected chi connectivity index (χ1v) is 9.64. The molecule has 1 fully saturated rings. The second-order valence-electron chi connectivity index (χ2n) is 6.11. The summed E-state index contributed by atoms with van der Waals surface area (Å²) in [6.45, 7) is 2.90. The molecule has 0 saturated carbocycles. The number of urea groups is 1. The van der Waals surface area contributed by atoms with E-state index < -0.39 is 44.4 Å². The van der Waals surface area contributed by atoms with E-state index in [9.17, 15) is 39.6 Å². The minimum atomic E-state index is -5.16. The predicted molar refractivity (Wildman–Crippen MR) is 90.4 cm³/mol. The van der Waals surface area contributed by atoms with E-state index >= 15 is 0 Å². The lowest BCUT2D eigenvalue weighted by molar-refractivity contribution is -0.143. The lowest BCUT2D eigenvalue weighted by Crippen LogP contribution is -2.53. The molecule has 13 heteroatoms. The number of carbonyl (C=O) groups is 1. The number of nitrogens with zero attached hydrogens (tertiary/aromatic N) is 2. The first-order valence-electron chi connectivity index (χ1n) is 8.20. The van der Waals surface area contributed by atoms with Crippen LogP contribution in [-0.2, 0) is 22.4 Å². The Labute approximate surface area is 162 Å². The predicted octanol–water partition coefficient (Wildman–Crippen LogP) is 2.93. The SMILES string of the molecule is C=CCNC(=O)N1CCN(S(=O)(=O)c2cc(C(F)(F)F)cc(C(F)(F)F)c2)CC1. The molecule has 0 bridgehead atoms. The van der Waals surface area contributed by atoms with Gasteiger partial charge in [0.05, 0.1) is 16.0 Å². The van der Waals surface area contributed by atoms with Gasteiger partial charge in [0.2, 0.25) is 10.0 Å². The molecular formula is C16H17F6N3O3S. The van der Waals surface area contributed by atoms with Gasteiger partial charge in [-0.25, -0.2) is 13.2 Å². The number of hydrogen-bond acceptors (Lipinski definition) is 3. The van der Waals surface area contributed by atoms with Crippen molar-refractivity contribution >= 4 is 16.1 Å². The Bertz CT molecular complexity index is 843. The lowest BCUT2D eigenvalue weighted by Gasteiger charge is -2.34. The van der Waals surface area contributed by atoms with Crippen LogP contribution in [0.3, 0.4) is 0 Å². The van der Waals surface area contributed by atoms with Crippen LogP contribution >= 0.6 is 0 Å². The molecule has 2 amide bonds. The normalized spacial score (nSPS) is 16.6. The average Bonchev–Trinajstić information content (AvgIpc) is 2.64. The number of nitrogens with one attached hydrogen (secondary N) is 1. The third kappa shape index (κ3) is 5.41. The third-order valence-corrected chi connectivity index (χ3v) is 6.00. The topological polar surface area (TPSA) is 69.7 Å². The van der Waals surface area contributed by atoms with Gasteiger partial charge in [-0.2, -0.15) is 30.6 Å². The van der Waals surface area contributed by atoms with Gasteiger partial charge in [0.25, 0.3) is 0 Å². The van der Waals surface area contributed by atoms with Crippen LogP contribution in [0.1, 0.15) is 11.1 Å². The van der Waals surface area contributed by atoms with Crippen LogP contribution < -0.4 is 5.32 Å². The van der Waals surface area contributed by atoms with E-state index in [-0.39, 0.29) is 50.9 Å². The van der Waals surface area contributed by atoms with Crippen molar-refractivity contribution < 1.29 is 39.6 Å². The molecule has 162 valence electrons. The fourth-order valence-corrected chi connectivity index (χ4v) is 4.12. The Morgan fingerprint density at radius 2 is 1.48 bits per heavy atom. The zero-order chi connectivity index (χ0) is 22.0. The van der Waals surface area contributed by atoms with Gasteiger partial charge >= 0.3 is 18.4 Å². The van der Waals surface area contributed by atoms with Crippen LogP contribution in [0.4, 0.5) is 31.1 Å². The van der Waals surface area contributed by atoms with Gasteiger partial charge in [-0.3, -0.25) is 0 Å². The number of alkyl halides is 6. The van der Waals surface area contributed by atoms with Crippen LogP contribution in [0.2, 0.25) is 0 Å². The molecule has 1 aliphatic rings. The molecule has 0 aromatic heterocycles. The van der Waals surface area contributed by atoms with Crippen molar-refractivity contribution in [1.82, 2.24) is 14.5 Å². The quantitative estimate of drug-likeness (QED) is 0.573. The Morgan fingerprint density at radius 3 is 1.90 bits per heavy atom. The Morgan fingerprint density at radius 1 is 1.00 bits per heavy atom. The highest BCUT2D eigenvalue weighted by atomic mass is 32.2. The first kappa shape index (κ1) is 23.0. The number of hydrogen-bond donors (Lipinski definition) is 1. The zero-order valence-corrected chi connectivity index (χ0v) is 15.7. The van der Waals surface area contributed by atoms with Gasteiger partial charge in [0.1, 0.15) is 0 Å². The number of sulfonamides is 1. The van der Waals surface area contributed by atoms with Crippen molar-refractivity contribution in [1.29, 1.82) is 0 Å². The molecule has 1 aliphatic heterocycles. The van der Waals surface area contributed by atoms with Crippen LogP contribution in [0.25, 0.3) is 0 Å². The summed E-state index contributed by atoms with van der Waals surface area (Å²) in [4.78, 5) is 12.0. The maximum absolute atomic E-state index is 13.0. The Kier molecular flexibility index (Phi) is 6.52. The molecule has 1 heterocycles. The van der Waals surface area contributed by atoms with Gasteiger partial charge in [0, 0.05) is 32.7 Å². The number of amides is 2. The Balaban J connectivity index is 2.30. The minimum absolute atomic E-state index is 0.0761. The summed E-state index contributed by atoms with van der Waals surface area (Å²) in [7, 11) is -4.63. The fourth-order valence-electron chi connectivity index (χ4n) is 2.63. The van der Waals surface area contributed by atoms with E-state index in [1.54, 1.807) is 0 Å². The van der Waals surface area contributed by atoms with E-state index in [2.05, 4.69) is 11.9 Å². The van der Waals surface area contributed by atoms with Crippen LogP contribution in [-0.4, -0.2) is 56.4 Å². The number of carbonyl (C=O) groups excluding carboxylic acids is 1. The second kappa shape index (κ2) is 8.22. The van der Waals surface area contributed by atoms with Crippen molar-refractivity contribution in [2.45, 2.75) is 17.2 Å². The molecule has 29 heavy (non-hydrogen) atoms. The van der Waals surface area contributed by atoms with E-state index in [0.717, 1.165) is 4.31 Å². The molecule has 6 nitrogen and oxygen atoms in total. The van der Waals surface area contributed by atoms with Crippen LogP contribution in [0, 0.1) is 0 Å². The van der Waals surface area contributed by atoms with Crippen LogP contribution in [0.15, 0.2) is 35.7 Å². The van der Waals surface area contributed by atoms with Crippen LogP contribution in [0.5, 0.6) is 0 Å². The summed E-state index contributed by atoms with van der Waals surface area (Å²) in [5.41, 5.74) is -3.43. The van der Waals surface area contributed by atoms with E-state index in [4.69, 9.17) is 0 Å². The maximum Gasteiger partial charge on any atom is 0.416 e. The smallest absolute Gasteiger partial charge is 0.335 e. The number of rotatable bonds is 4. The molecule has 1 aromatic rings. The second-order valence-corrected chi connectivity index (χ2v) is 8.05. The highest BCUT2D eigenvalue weighted by Gasteiger charge is 2.39. The van der Waals surface area contributed by atoms with Gasteiger partial charge in [-0.15, -0.1) is 6.58 Å². The average molecular weight is 445 g/mol. The zero-order valence-electron chi connectivity index (χ0n) is 14.8. The molecule has 2 rings (SSSR count). The number of piperazine rings is 1. The minimum Gasteiger partial charge on any atom is -0.335 e. The molecule has 0 unspecified atom stereocenters. The fraction of sp³-hybridized carbons (Fsp3) is 0.438. The van der Waals surface area contributed by atoms with Crippen molar-refractivity contribution in [3.05, 3.63) is 42.0 Å². The highest BCUT2D eigenvalue weighted by molar-refractivity contribution is 7.89. The molecule has 1 saturated heterocycles. The molecule has 1 N–H and O–H groups in total. The molecule has 0 aliphatic carbocycles. The monoisotopic (exact) mass is 445 g/mol. The third-order valence-electron chi connectivity index (χ3n) is 4.12. The summed E-state index contributed by atoms with van der Waals surface area (Å²) in [5, 5.41) is 2.49. The van der Waals surface area contributed by atoms with Gasteiger partial charge < -0.3 is 10.2 Å². The summed E-state index contributed by atoms with van der Waals surface area (Å²) in [6, 6.07) is -0.275. The summed E-state index contributed by atoms with van der Waals surface area (Å²) >= 11 is 0. The largest absolute Gasteiger partial charge is 0.416 e. The molecule has 0 radical (unpaired) electrons.